The van der Waals surface area contributed by atoms with Gasteiger partial charge in [0.25, 0.3) is 0 Å². The summed E-state index contributed by atoms with van der Waals surface area (Å²) in [5.41, 5.74) is 0.144. The Morgan fingerprint density at radius 2 is 1.38 bits per heavy atom. The minimum absolute atomic E-state index is 0.617. The maximum absolute atomic E-state index is 13.0. The van der Waals surface area contributed by atoms with Gasteiger partial charge in [0.05, 0.1) is 13.5 Å². The molecule has 0 saturated heterocycles. The summed E-state index contributed by atoms with van der Waals surface area (Å²) in [6.45, 7) is 1.62. The lowest BCUT2D eigenvalue weighted by atomic mass is 9.73. The monoisotopic (exact) mass is 294 g/mol. The van der Waals surface area contributed by atoms with Crippen LogP contribution in [0.25, 0.3) is 0 Å². The first-order chi connectivity index (χ1) is 9.85. The predicted octanol–water partition coefficient (Wildman–Crippen LogP) is 4.95. The second kappa shape index (κ2) is 5.80. The molecule has 112 valence electrons. The summed E-state index contributed by atoms with van der Waals surface area (Å²) < 4.78 is 44.2. The third kappa shape index (κ3) is 3.57. The van der Waals surface area contributed by atoms with Crippen molar-refractivity contribution in [3.8, 4) is 5.75 Å². The smallest absolute Gasteiger partial charge is 0.390 e. The van der Waals surface area contributed by atoms with Crippen LogP contribution in [0.3, 0.4) is 0 Å². The molecule has 1 nitrogen and oxygen atoms in total. The zero-order valence-electron chi connectivity index (χ0n) is 11.9. The lowest BCUT2D eigenvalue weighted by Crippen LogP contribution is -2.30. The molecule has 0 heterocycles. The molecule has 0 N–H and O–H groups in total. The first-order valence-corrected chi connectivity index (χ1v) is 6.62. The van der Waals surface area contributed by atoms with E-state index in [9.17, 15) is 13.2 Å². The van der Waals surface area contributed by atoms with Crippen molar-refractivity contribution in [1.82, 2.24) is 0 Å². The highest BCUT2D eigenvalue weighted by Gasteiger charge is 2.41. The van der Waals surface area contributed by atoms with Gasteiger partial charge in [0.1, 0.15) is 5.75 Å². The quantitative estimate of drug-likeness (QED) is 0.775. The van der Waals surface area contributed by atoms with Gasteiger partial charge in [-0.1, -0.05) is 49.4 Å². The van der Waals surface area contributed by atoms with Gasteiger partial charge in [-0.15, -0.1) is 0 Å². The van der Waals surface area contributed by atoms with E-state index in [2.05, 4.69) is 0 Å². The van der Waals surface area contributed by atoms with Gasteiger partial charge in [0.2, 0.25) is 0 Å². The molecular formula is C17H17F3O. The van der Waals surface area contributed by atoms with E-state index in [4.69, 9.17) is 4.74 Å². The van der Waals surface area contributed by atoms with E-state index in [0.29, 0.717) is 16.9 Å². The number of ether oxygens (including phenoxy) is 1. The molecule has 0 aliphatic rings. The zero-order valence-corrected chi connectivity index (χ0v) is 11.9. The third-order valence-electron chi connectivity index (χ3n) is 3.69. The van der Waals surface area contributed by atoms with Crippen molar-refractivity contribution >= 4 is 0 Å². The Kier molecular flexibility index (Phi) is 4.26. The molecule has 0 aliphatic heterocycles. The molecule has 0 aliphatic carbocycles. The van der Waals surface area contributed by atoms with E-state index < -0.39 is 18.0 Å². The molecule has 0 spiro atoms. The van der Waals surface area contributed by atoms with Crippen molar-refractivity contribution in [2.45, 2.75) is 24.9 Å². The molecule has 2 aromatic carbocycles. The van der Waals surface area contributed by atoms with Crippen LogP contribution in [-0.2, 0) is 5.41 Å². The molecule has 21 heavy (non-hydrogen) atoms. The molecule has 0 radical (unpaired) electrons. The minimum atomic E-state index is -4.25. The second-order valence-electron chi connectivity index (χ2n) is 5.22. The van der Waals surface area contributed by atoms with Crippen molar-refractivity contribution in [3.05, 3.63) is 65.7 Å². The van der Waals surface area contributed by atoms with Gasteiger partial charge in [0.15, 0.2) is 0 Å². The number of hydrogen-bond acceptors (Lipinski definition) is 1. The standard InChI is InChI=1S/C17H17F3O/c1-16(12-17(18,19)20,13-6-4-3-5-7-13)14-8-10-15(21-2)11-9-14/h3-11H,12H2,1-2H3. The van der Waals surface area contributed by atoms with E-state index in [1.54, 1.807) is 61.5 Å². The van der Waals surface area contributed by atoms with Gasteiger partial charge in [-0.25, -0.2) is 0 Å². The normalized spacial score (nSPS) is 14.5. The fourth-order valence-electron chi connectivity index (χ4n) is 2.54. The Labute approximate surface area is 122 Å². The van der Waals surface area contributed by atoms with E-state index in [-0.39, 0.29) is 0 Å². The highest BCUT2D eigenvalue weighted by molar-refractivity contribution is 5.41. The van der Waals surface area contributed by atoms with E-state index >= 15 is 0 Å². The molecule has 0 saturated carbocycles. The average Bonchev–Trinajstić information content (AvgIpc) is 2.46. The molecule has 1 unspecified atom stereocenters. The van der Waals surface area contributed by atoms with E-state index in [0.717, 1.165) is 0 Å². The van der Waals surface area contributed by atoms with Crippen LogP contribution in [0.2, 0.25) is 0 Å². The summed E-state index contributed by atoms with van der Waals surface area (Å²) in [6.07, 6.45) is -5.15. The Morgan fingerprint density at radius 3 is 1.86 bits per heavy atom. The highest BCUT2D eigenvalue weighted by Crippen LogP contribution is 2.41. The summed E-state index contributed by atoms with van der Waals surface area (Å²) in [7, 11) is 1.53. The first kappa shape index (κ1) is 15.4. The zero-order chi connectivity index (χ0) is 15.5. The van der Waals surface area contributed by atoms with Crippen LogP contribution in [-0.4, -0.2) is 13.3 Å². The second-order valence-corrected chi connectivity index (χ2v) is 5.22. The van der Waals surface area contributed by atoms with Gasteiger partial charge in [-0.2, -0.15) is 13.2 Å². The van der Waals surface area contributed by atoms with Crippen LogP contribution in [0.1, 0.15) is 24.5 Å². The molecule has 0 aromatic heterocycles. The fourth-order valence-corrected chi connectivity index (χ4v) is 2.54. The Morgan fingerprint density at radius 1 is 0.857 bits per heavy atom. The number of rotatable bonds is 4. The van der Waals surface area contributed by atoms with Crippen LogP contribution in [0, 0.1) is 0 Å². The van der Waals surface area contributed by atoms with Gasteiger partial charge in [0, 0.05) is 5.41 Å². The van der Waals surface area contributed by atoms with Crippen LogP contribution < -0.4 is 4.74 Å². The summed E-state index contributed by atoms with van der Waals surface area (Å²) in [4.78, 5) is 0. The van der Waals surface area contributed by atoms with Crippen molar-refractivity contribution in [1.29, 1.82) is 0 Å². The molecule has 0 fully saturated rings. The molecule has 0 amide bonds. The number of halogens is 3. The predicted molar refractivity (Wildman–Crippen MR) is 76.6 cm³/mol. The minimum Gasteiger partial charge on any atom is -0.497 e. The van der Waals surface area contributed by atoms with Crippen molar-refractivity contribution in [2.75, 3.05) is 7.11 Å². The topological polar surface area (TPSA) is 9.23 Å². The number of alkyl halides is 3. The first-order valence-electron chi connectivity index (χ1n) is 6.62. The Hall–Kier alpha value is -1.97. The molecule has 1 atom stereocenters. The number of methoxy groups -OCH3 is 1. The average molecular weight is 294 g/mol. The van der Waals surface area contributed by atoms with Crippen molar-refractivity contribution in [3.63, 3.8) is 0 Å². The Balaban J connectivity index is 2.49. The SMILES string of the molecule is COc1ccc(C(C)(CC(F)(F)F)c2ccccc2)cc1. The largest absolute Gasteiger partial charge is 0.497 e. The van der Waals surface area contributed by atoms with Crippen molar-refractivity contribution < 1.29 is 17.9 Å². The number of benzene rings is 2. The maximum Gasteiger partial charge on any atom is 0.390 e. The summed E-state index contributed by atoms with van der Waals surface area (Å²) in [5.74, 6) is 0.626. The molecule has 2 rings (SSSR count). The van der Waals surface area contributed by atoms with Gasteiger partial charge in [-0.05, 0) is 23.3 Å². The third-order valence-corrected chi connectivity index (χ3v) is 3.69. The Bertz CT molecular complexity index is 575. The lowest BCUT2D eigenvalue weighted by Gasteiger charge is -2.32. The van der Waals surface area contributed by atoms with E-state index in [1.165, 1.54) is 7.11 Å². The number of hydrogen-bond donors (Lipinski definition) is 0. The summed E-state index contributed by atoms with van der Waals surface area (Å²) in [6, 6.07) is 15.5. The van der Waals surface area contributed by atoms with Crippen LogP contribution in [0.4, 0.5) is 13.2 Å². The summed E-state index contributed by atoms with van der Waals surface area (Å²) >= 11 is 0. The van der Waals surface area contributed by atoms with Crippen LogP contribution in [0.15, 0.2) is 54.6 Å². The highest BCUT2D eigenvalue weighted by atomic mass is 19.4. The fraction of sp³-hybridized carbons (Fsp3) is 0.294. The van der Waals surface area contributed by atoms with E-state index in [1.807, 2.05) is 0 Å². The van der Waals surface area contributed by atoms with Crippen molar-refractivity contribution in [2.24, 2.45) is 0 Å². The molecule has 2 aromatic rings. The summed E-state index contributed by atoms with van der Waals surface area (Å²) in [5, 5.41) is 0. The molecule has 0 bridgehead atoms. The van der Waals surface area contributed by atoms with Crippen LogP contribution >= 0.6 is 0 Å². The molecular weight excluding hydrogens is 277 g/mol. The lowest BCUT2D eigenvalue weighted by molar-refractivity contribution is -0.144. The van der Waals surface area contributed by atoms with Crippen LogP contribution in [0.5, 0.6) is 5.75 Å². The van der Waals surface area contributed by atoms with Gasteiger partial charge in [-0.3, -0.25) is 0 Å². The van der Waals surface area contributed by atoms with Gasteiger partial charge >= 0.3 is 6.18 Å². The maximum atomic E-state index is 13.0. The molecule has 4 heteroatoms. The van der Waals surface area contributed by atoms with Gasteiger partial charge < -0.3 is 4.74 Å².